The Labute approximate surface area is 166 Å². The molecule has 2 aliphatic heterocycles. The van der Waals surface area contributed by atoms with Crippen molar-refractivity contribution < 1.29 is 4.74 Å². The quantitative estimate of drug-likeness (QED) is 0.345. The number of rotatable bonds is 11. The number of hydrogen-bond donors (Lipinski definition) is 0. The van der Waals surface area contributed by atoms with E-state index in [1.54, 1.807) is 0 Å². The van der Waals surface area contributed by atoms with Crippen LogP contribution in [0, 0.1) is 12.3 Å². The zero-order valence-corrected chi connectivity index (χ0v) is 17.1. The second kappa shape index (κ2) is 10.9. The number of fused-ring (bicyclic) bond motifs is 2. The SMILES string of the molecule is C#CCN1[C@@H]2CC[C@H]1CC(OC(CCCCCCCC)c1ccccc1)C2. The van der Waals surface area contributed by atoms with Crippen molar-refractivity contribution in [3.63, 3.8) is 0 Å². The maximum atomic E-state index is 6.73. The van der Waals surface area contributed by atoms with Crippen LogP contribution >= 0.6 is 0 Å². The summed E-state index contributed by atoms with van der Waals surface area (Å²) in [5.74, 6) is 2.85. The third kappa shape index (κ3) is 5.84. The summed E-state index contributed by atoms with van der Waals surface area (Å²) in [4.78, 5) is 2.55. The molecule has 0 spiro atoms. The number of benzene rings is 1. The van der Waals surface area contributed by atoms with Crippen LogP contribution in [0.25, 0.3) is 0 Å². The number of ether oxygens (including phenoxy) is 1. The van der Waals surface area contributed by atoms with Gasteiger partial charge >= 0.3 is 0 Å². The first-order valence-corrected chi connectivity index (χ1v) is 11.2. The maximum absolute atomic E-state index is 6.73. The average Bonchev–Trinajstić information content (AvgIpc) is 2.93. The van der Waals surface area contributed by atoms with E-state index in [0.29, 0.717) is 18.2 Å². The fourth-order valence-corrected chi connectivity index (χ4v) is 5.02. The van der Waals surface area contributed by atoms with Crippen LogP contribution in [0.15, 0.2) is 30.3 Å². The van der Waals surface area contributed by atoms with Crippen LogP contribution in [0.2, 0.25) is 0 Å². The number of terminal acetylenes is 1. The van der Waals surface area contributed by atoms with E-state index in [9.17, 15) is 0 Å². The highest BCUT2D eigenvalue weighted by Crippen LogP contribution is 2.39. The van der Waals surface area contributed by atoms with Crippen molar-refractivity contribution >= 4 is 0 Å². The van der Waals surface area contributed by atoms with Gasteiger partial charge in [0.1, 0.15) is 0 Å². The Morgan fingerprint density at radius 3 is 2.37 bits per heavy atom. The molecule has 4 atom stereocenters. The lowest BCUT2D eigenvalue weighted by Gasteiger charge is -2.39. The van der Waals surface area contributed by atoms with Gasteiger partial charge in [0.05, 0.1) is 18.8 Å². The van der Waals surface area contributed by atoms with Gasteiger partial charge in [0.15, 0.2) is 0 Å². The molecule has 2 heterocycles. The van der Waals surface area contributed by atoms with Crippen molar-refractivity contribution in [2.24, 2.45) is 0 Å². The summed E-state index contributed by atoms with van der Waals surface area (Å²) < 4.78 is 6.73. The third-order valence-corrected chi connectivity index (χ3v) is 6.46. The predicted molar refractivity (Wildman–Crippen MR) is 114 cm³/mol. The minimum atomic E-state index is 0.251. The summed E-state index contributed by atoms with van der Waals surface area (Å²) in [5.41, 5.74) is 1.35. The van der Waals surface area contributed by atoms with E-state index in [2.05, 4.69) is 48.1 Å². The van der Waals surface area contributed by atoms with Gasteiger partial charge in [0.2, 0.25) is 0 Å². The van der Waals surface area contributed by atoms with Crippen molar-refractivity contribution in [1.82, 2.24) is 4.90 Å². The van der Waals surface area contributed by atoms with Crippen molar-refractivity contribution in [3.8, 4) is 12.3 Å². The van der Waals surface area contributed by atoms with Gasteiger partial charge in [-0.15, -0.1) is 6.42 Å². The Balaban J connectivity index is 1.53. The largest absolute Gasteiger partial charge is 0.370 e. The van der Waals surface area contributed by atoms with E-state index in [1.807, 2.05) is 0 Å². The summed E-state index contributed by atoms with van der Waals surface area (Å²) in [6, 6.07) is 12.1. The van der Waals surface area contributed by atoms with Gasteiger partial charge in [0.25, 0.3) is 0 Å². The monoisotopic (exact) mass is 367 g/mol. The Hall–Kier alpha value is -1.30. The second-order valence-electron chi connectivity index (χ2n) is 8.45. The van der Waals surface area contributed by atoms with Crippen LogP contribution < -0.4 is 0 Å². The third-order valence-electron chi connectivity index (χ3n) is 6.46. The van der Waals surface area contributed by atoms with E-state index in [-0.39, 0.29) is 6.10 Å². The molecule has 1 aromatic rings. The van der Waals surface area contributed by atoms with Gasteiger partial charge in [-0.2, -0.15) is 0 Å². The van der Waals surface area contributed by atoms with Crippen molar-refractivity contribution in [1.29, 1.82) is 0 Å². The summed E-state index contributed by atoms with van der Waals surface area (Å²) >= 11 is 0. The second-order valence-corrected chi connectivity index (χ2v) is 8.45. The standard InChI is InChI=1S/C25H37NO/c1-3-5-6-7-8-12-15-25(21-13-10-9-11-14-21)27-24-19-22-16-17-23(20-24)26(22)18-4-2/h2,9-11,13-14,22-25H,3,5-8,12,15-20H2,1H3/t22-,23+,24?,25?. The molecule has 2 aliphatic rings. The Kier molecular flexibility index (Phi) is 8.24. The van der Waals surface area contributed by atoms with Crippen molar-refractivity contribution in [3.05, 3.63) is 35.9 Å². The zero-order valence-electron chi connectivity index (χ0n) is 17.1. The highest BCUT2D eigenvalue weighted by atomic mass is 16.5. The average molecular weight is 368 g/mol. The summed E-state index contributed by atoms with van der Waals surface area (Å²) in [7, 11) is 0. The lowest BCUT2D eigenvalue weighted by molar-refractivity contribution is -0.0637. The molecule has 2 fully saturated rings. The number of piperidine rings is 1. The molecule has 2 unspecified atom stereocenters. The number of nitrogens with zero attached hydrogens (tertiary/aromatic N) is 1. The first-order chi connectivity index (χ1) is 13.3. The van der Waals surface area contributed by atoms with Crippen LogP contribution in [0.3, 0.4) is 0 Å². The lowest BCUT2D eigenvalue weighted by atomic mass is 9.97. The molecule has 2 bridgehead atoms. The van der Waals surface area contributed by atoms with Gasteiger partial charge in [-0.05, 0) is 37.7 Å². The van der Waals surface area contributed by atoms with Gasteiger partial charge < -0.3 is 4.74 Å². The molecular formula is C25H37NO. The van der Waals surface area contributed by atoms with E-state index in [4.69, 9.17) is 11.2 Å². The topological polar surface area (TPSA) is 12.5 Å². The Morgan fingerprint density at radius 1 is 1.04 bits per heavy atom. The Bertz CT molecular complexity index is 564. The normalized spacial score (nSPS) is 26.0. The molecule has 3 rings (SSSR count). The highest BCUT2D eigenvalue weighted by molar-refractivity contribution is 5.17. The first-order valence-electron chi connectivity index (χ1n) is 11.2. The molecule has 2 nitrogen and oxygen atoms in total. The molecular weight excluding hydrogens is 330 g/mol. The zero-order chi connectivity index (χ0) is 18.9. The molecule has 0 saturated carbocycles. The molecule has 2 saturated heterocycles. The van der Waals surface area contributed by atoms with Crippen LogP contribution in [0.4, 0.5) is 0 Å². The summed E-state index contributed by atoms with van der Waals surface area (Å²) in [5, 5.41) is 0. The number of hydrogen-bond acceptors (Lipinski definition) is 2. The van der Waals surface area contributed by atoms with Crippen LogP contribution in [-0.2, 0) is 4.74 Å². The Morgan fingerprint density at radius 2 is 1.70 bits per heavy atom. The first kappa shape index (κ1) is 20.4. The fourth-order valence-electron chi connectivity index (χ4n) is 5.02. The predicted octanol–water partition coefficient (Wildman–Crippen LogP) is 6.12. The smallest absolute Gasteiger partial charge is 0.0828 e. The summed E-state index contributed by atoms with van der Waals surface area (Å²) in [6.45, 7) is 3.09. The molecule has 1 aromatic carbocycles. The molecule has 0 N–H and O–H groups in total. The molecule has 0 aliphatic carbocycles. The van der Waals surface area contributed by atoms with E-state index in [0.717, 1.165) is 25.8 Å². The van der Waals surface area contributed by atoms with Gasteiger partial charge in [-0.25, -0.2) is 0 Å². The highest BCUT2D eigenvalue weighted by Gasteiger charge is 2.41. The van der Waals surface area contributed by atoms with E-state index < -0.39 is 0 Å². The van der Waals surface area contributed by atoms with Gasteiger partial charge in [-0.3, -0.25) is 4.90 Å². The van der Waals surface area contributed by atoms with Gasteiger partial charge in [0, 0.05) is 12.1 Å². The molecule has 148 valence electrons. The van der Waals surface area contributed by atoms with Gasteiger partial charge in [-0.1, -0.05) is 81.7 Å². The van der Waals surface area contributed by atoms with Crippen molar-refractivity contribution in [2.45, 2.75) is 102 Å². The summed E-state index contributed by atoms with van der Waals surface area (Å²) in [6.07, 6.45) is 20.3. The molecule has 0 aromatic heterocycles. The van der Waals surface area contributed by atoms with Crippen molar-refractivity contribution in [2.75, 3.05) is 6.54 Å². The van der Waals surface area contributed by atoms with Crippen LogP contribution in [0.1, 0.15) is 89.2 Å². The minimum Gasteiger partial charge on any atom is -0.370 e. The number of unbranched alkanes of at least 4 members (excludes halogenated alkanes) is 5. The molecule has 0 amide bonds. The van der Waals surface area contributed by atoms with Crippen LogP contribution in [-0.4, -0.2) is 29.6 Å². The molecule has 2 heteroatoms. The van der Waals surface area contributed by atoms with E-state index >= 15 is 0 Å². The lowest BCUT2D eigenvalue weighted by Crippen LogP contribution is -2.45. The molecule has 0 radical (unpaired) electrons. The minimum absolute atomic E-state index is 0.251. The van der Waals surface area contributed by atoms with Crippen LogP contribution in [0.5, 0.6) is 0 Å². The van der Waals surface area contributed by atoms with E-state index in [1.165, 1.54) is 56.9 Å². The fraction of sp³-hybridized carbons (Fsp3) is 0.680. The molecule has 27 heavy (non-hydrogen) atoms. The maximum Gasteiger partial charge on any atom is 0.0828 e.